The summed E-state index contributed by atoms with van der Waals surface area (Å²) in [5, 5.41) is 7.76. The van der Waals surface area contributed by atoms with Crippen LogP contribution in [0.15, 0.2) is 22.7 Å². The number of nitrogens with zero attached hydrogens (tertiary/aromatic N) is 2. The molecule has 1 aliphatic rings. The summed E-state index contributed by atoms with van der Waals surface area (Å²) < 4.78 is 18.9. The maximum Gasteiger partial charge on any atom is 0.224 e. The van der Waals surface area contributed by atoms with Crippen molar-refractivity contribution in [3.05, 3.63) is 52.3 Å². The standard InChI is InChI=1S/C23H27FN4O3/c1-13-18(19-10-16(24)4-6-21(19)25-13)11-22(29)26-17-5-7-23(30)28(9-8-17)12-20-14(2)27-31-15(20)3/h4,6,10,17,25H,5,7-9,11-12H2,1-3H3,(H,26,29). The van der Waals surface area contributed by atoms with E-state index in [0.717, 1.165) is 39.2 Å². The minimum atomic E-state index is -0.325. The molecule has 0 spiro atoms. The number of benzene rings is 1. The summed E-state index contributed by atoms with van der Waals surface area (Å²) in [4.78, 5) is 30.4. The highest BCUT2D eigenvalue weighted by atomic mass is 19.1. The molecule has 3 heterocycles. The minimum absolute atomic E-state index is 0.0692. The lowest BCUT2D eigenvalue weighted by atomic mass is 10.1. The SMILES string of the molecule is Cc1noc(C)c1CN1CCC(NC(=O)Cc2c(C)[nH]c3ccc(F)cc23)CCC1=O. The van der Waals surface area contributed by atoms with Crippen LogP contribution in [0, 0.1) is 26.6 Å². The first kappa shape index (κ1) is 21.1. The van der Waals surface area contributed by atoms with Crippen molar-refractivity contribution in [1.29, 1.82) is 0 Å². The first-order chi connectivity index (χ1) is 14.8. The van der Waals surface area contributed by atoms with Crippen LogP contribution in [0.25, 0.3) is 10.9 Å². The Morgan fingerprint density at radius 1 is 1.29 bits per heavy atom. The van der Waals surface area contributed by atoms with Crippen LogP contribution in [0.5, 0.6) is 0 Å². The van der Waals surface area contributed by atoms with Gasteiger partial charge in [-0.1, -0.05) is 5.16 Å². The van der Waals surface area contributed by atoms with Crippen LogP contribution in [-0.2, 0) is 22.6 Å². The molecule has 31 heavy (non-hydrogen) atoms. The van der Waals surface area contributed by atoms with E-state index in [1.807, 2.05) is 25.7 Å². The molecule has 0 saturated carbocycles. The van der Waals surface area contributed by atoms with Crippen molar-refractivity contribution in [2.75, 3.05) is 6.54 Å². The molecule has 1 aliphatic heterocycles. The number of amides is 2. The number of halogens is 1. The maximum absolute atomic E-state index is 13.7. The molecule has 4 rings (SSSR count). The molecule has 3 aromatic rings. The number of rotatable bonds is 5. The zero-order valence-corrected chi connectivity index (χ0v) is 18.0. The number of nitrogens with one attached hydrogen (secondary N) is 2. The predicted molar refractivity (Wildman–Crippen MR) is 114 cm³/mol. The minimum Gasteiger partial charge on any atom is -0.361 e. The molecule has 164 valence electrons. The maximum atomic E-state index is 13.7. The number of H-pyrrole nitrogens is 1. The molecule has 2 amide bonds. The number of aromatic amines is 1. The smallest absolute Gasteiger partial charge is 0.224 e. The van der Waals surface area contributed by atoms with Gasteiger partial charge < -0.3 is 19.7 Å². The van der Waals surface area contributed by atoms with E-state index >= 15 is 0 Å². The van der Waals surface area contributed by atoms with Gasteiger partial charge in [-0.3, -0.25) is 9.59 Å². The van der Waals surface area contributed by atoms with Gasteiger partial charge in [0.2, 0.25) is 11.8 Å². The van der Waals surface area contributed by atoms with Crippen LogP contribution in [-0.4, -0.2) is 39.4 Å². The fourth-order valence-electron chi connectivity index (χ4n) is 4.29. The van der Waals surface area contributed by atoms with Crippen molar-refractivity contribution in [2.45, 2.75) is 59.0 Å². The van der Waals surface area contributed by atoms with E-state index in [4.69, 9.17) is 4.52 Å². The molecule has 1 atom stereocenters. The van der Waals surface area contributed by atoms with Crippen molar-refractivity contribution >= 4 is 22.7 Å². The van der Waals surface area contributed by atoms with Gasteiger partial charge in [0.05, 0.1) is 18.7 Å². The average molecular weight is 426 g/mol. The number of carbonyl (C=O) groups excluding carboxylic acids is 2. The molecule has 1 saturated heterocycles. The molecule has 2 aromatic heterocycles. The quantitative estimate of drug-likeness (QED) is 0.654. The number of fused-ring (bicyclic) bond motifs is 1. The summed E-state index contributed by atoms with van der Waals surface area (Å²) in [7, 11) is 0. The highest BCUT2D eigenvalue weighted by Gasteiger charge is 2.25. The second-order valence-electron chi connectivity index (χ2n) is 8.31. The number of likely N-dealkylation sites (tertiary alicyclic amines) is 1. The third-order valence-electron chi connectivity index (χ3n) is 6.12. The summed E-state index contributed by atoms with van der Waals surface area (Å²) in [6, 6.07) is 4.47. The van der Waals surface area contributed by atoms with Gasteiger partial charge in [-0.25, -0.2) is 4.39 Å². The van der Waals surface area contributed by atoms with E-state index < -0.39 is 0 Å². The normalized spacial score (nSPS) is 17.2. The molecule has 0 bridgehead atoms. The Bertz CT molecular complexity index is 1110. The Balaban J connectivity index is 1.39. The van der Waals surface area contributed by atoms with Crippen molar-refractivity contribution in [1.82, 2.24) is 20.4 Å². The van der Waals surface area contributed by atoms with Gasteiger partial charge in [0.15, 0.2) is 0 Å². The summed E-state index contributed by atoms with van der Waals surface area (Å²) in [5.74, 6) is 0.350. The number of aryl methyl sites for hydroxylation is 3. The third-order valence-corrected chi connectivity index (χ3v) is 6.12. The Kier molecular flexibility index (Phi) is 5.80. The molecule has 0 radical (unpaired) electrons. The summed E-state index contributed by atoms with van der Waals surface area (Å²) in [5.41, 5.74) is 4.22. The molecule has 1 unspecified atom stereocenters. The number of carbonyl (C=O) groups is 2. The number of hydrogen-bond donors (Lipinski definition) is 2. The van der Waals surface area contributed by atoms with Gasteiger partial charge in [-0.05, 0) is 57.4 Å². The van der Waals surface area contributed by atoms with Crippen LogP contribution < -0.4 is 5.32 Å². The van der Waals surface area contributed by atoms with E-state index in [1.54, 1.807) is 6.07 Å². The first-order valence-corrected chi connectivity index (χ1v) is 10.6. The zero-order valence-electron chi connectivity index (χ0n) is 18.0. The van der Waals surface area contributed by atoms with Crippen molar-refractivity contribution in [2.24, 2.45) is 0 Å². The van der Waals surface area contributed by atoms with Crippen LogP contribution in [0.2, 0.25) is 0 Å². The number of aromatic nitrogens is 2. The molecule has 8 heteroatoms. The largest absolute Gasteiger partial charge is 0.361 e. The topological polar surface area (TPSA) is 91.2 Å². The van der Waals surface area contributed by atoms with E-state index in [9.17, 15) is 14.0 Å². The van der Waals surface area contributed by atoms with E-state index in [1.165, 1.54) is 12.1 Å². The lowest BCUT2D eigenvalue weighted by Crippen LogP contribution is -2.36. The van der Waals surface area contributed by atoms with Crippen molar-refractivity contribution in [3.63, 3.8) is 0 Å². The second kappa shape index (κ2) is 8.53. The number of hydrogen-bond acceptors (Lipinski definition) is 4. The van der Waals surface area contributed by atoms with Crippen LogP contribution in [0.4, 0.5) is 4.39 Å². The van der Waals surface area contributed by atoms with Crippen molar-refractivity contribution in [3.8, 4) is 0 Å². The van der Waals surface area contributed by atoms with Crippen LogP contribution in [0.3, 0.4) is 0 Å². The zero-order chi connectivity index (χ0) is 22.1. The molecular weight excluding hydrogens is 399 g/mol. The van der Waals surface area contributed by atoms with Crippen molar-refractivity contribution < 1.29 is 18.5 Å². The Hall–Kier alpha value is -3.16. The first-order valence-electron chi connectivity index (χ1n) is 10.6. The molecule has 1 fully saturated rings. The Morgan fingerprint density at radius 2 is 2.10 bits per heavy atom. The van der Waals surface area contributed by atoms with Gasteiger partial charge in [0.1, 0.15) is 11.6 Å². The fraction of sp³-hybridized carbons (Fsp3) is 0.435. The van der Waals surface area contributed by atoms with Gasteiger partial charge in [0.25, 0.3) is 0 Å². The highest BCUT2D eigenvalue weighted by Crippen LogP contribution is 2.24. The average Bonchev–Trinajstić information content (AvgIpc) is 3.13. The van der Waals surface area contributed by atoms with Crippen LogP contribution >= 0.6 is 0 Å². The molecule has 2 N–H and O–H groups in total. The summed E-state index contributed by atoms with van der Waals surface area (Å²) in [6.45, 7) is 6.64. The van der Waals surface area contributed by atoms with E-state index in [-0.39, 0.29) is 30.1 Å². The molecule has 0 aliphatic carbocycles. The highest BCUT2D eigenvalue weighted by molar-refractivity contribution is 5.90. The van der Waals surface area contributed by atoms with E-state index in [0.29, 0.717) is 32.4 Å². The van der Waals surface area contributed by atoms with Gasteiger partial charge >= 0.3 is 0 Å². The third kappa shape index (κ3) is 4.47. The predicted octanol–water partition coefficient (Wildman–Crippen LogP) is 3.46. The van der Waals surface area contributed by atoms with E-state index in [2.05, 4.69) is 15.5 Å². The summed E-state index contributed by atoms with van der Waals surface area (Å²) in [6.07, 6.45) is 1.83. The Morgan fingerprint density at radius 3 is 2.84 bits per heavy atom. The second-order valence-corrected chi connectivity index (χ2v) is 8.31. The molecule has 7 nitrogen and oxygen atoms in total. The van der Waals surface area contributed by atoms with Gasteiger partial charge in [-0.15, -0.1) is 0 Å². The van der Waals surface area contributed by atoms with Crippen LogP contribution in [0.1, 0.15) is 47.5 Å². The lowest BCUT2D eigenvalue weighted by molar-refractivity contribution is -0.131. The monoisotopic (exact) mass is 426 g/mol. The van der Waals surface area contributed by atoms with Gasteiger partial charge in [0, 0.05) is 41.2 Å². The van der Waals surface area contributed by atoms with Gasteiger partial charge in [-0.2, -0.15) is 0 Å². The Labute approximate surface area is 180 Å². The molecule has 1 aromatic carbocycles. The summed E-state index contributed by atoms with van der Waals surface area (Å²) >= 11 is 0. The lowest BCUT2D eigenvalue weighted by Gasteiger charge is -2.21. The fourth-order valence-corrected chi connectivity index (χ4v) is 4.29. The molecular formula is C23H27FN4O3.